The number of carbonyl (C=O) groups excluding carboxylic acids is 1. The van der Waals surface area contributed by atoms with Crippen LogP contribution < -0.4 is 15.4 Å². The third kappa shape index (κ3) is 6.90. The molecule has 10 heteroatoms. The van der Waals surface area contributed by atoms with Gasteiger partial charge in [0, 0.05) is 17.1 Å². The first kappa shape index (κ1) is 21.9. The average molecular weight is 489 g/mol. The first-order valence-electron chi connectivity index (χ1n) is 9.51. The molecule has 0 aliphatic carbocycles. The minimum absolute atomic E-state index is 0.178. The first-order valence-corrected chi connectivity index (χ1v) is 11.1. The van der Waals surface area contributed by atoms with E-state index >= 15 is 0 Å². The Morgan fingerprint density at radius 3 is 2.66 bits per heavy atom. The molecule has 0 radical (unpaired) electrons. The number of amides is 2. The highest BCUT2D eigenvalue weighted by atomic mass is 79.9. The number of halogens is 3. The molecule has 1 aromatic carbocycles. The number of hydrogen-bond donors (Lipinski definition) is 2. The number of urea groups is 1. The highest BCUT2D eigenvalue weighted by Gasteiger charge is 2.13. The fourth-order valence-corrected chi connectivity index (χ4v) is 4.05. The summed E-state index contributed by atoms with van der Waals surface area (Å²) in [7, 11) is 0. The third-order valence-corrected chi connectivity index (χ3v) is 5.73. The van der Waals surface area contributed by atoms with Crippen molar-refractivity contribution in [3.63, 3.8) is 0 Å². The van der Waals surface area contributed by atoms with Crippen LogP contribution in [0.25, 0.3) is 0 Å². The standard InChI is InChI=1S/C19H23BrF2N4O2S/c20-13-9-15(21)14(16(22)10-13)12-28-17-11-18(29-25-17)24-19(27)23-5-1-2-6-26-7-3-4-8-26/h9-11H,1-8,12H2,(H2,23,24,27). The van der Waals surface area contributed by atoms with Crippen molar-refractivity contribution in [2.75, 3.05) is 31.5 Å². The van der Waals surface area contributed by atoms with Crippen LogP contribution >= 0.6 is 27.5 Å². The Labute approximate surface area is 180 Å². The van der Waals surface area contributed by atoms with Crippen LogP contribution in [0.5, 0.6) is 5.88 Å². The third-order valence-electron chi connectivity index (χ3n) is 4.58. The zero-order valence-corrected chi connectivity index (χ0v) is 18.3. The molecule has 1 saturated heterocycles. The number of unbranched alkanes of at least 4 members (excludes halogenated alkanes) is 1. The van der Waals surface area contributed by atoms with Gasteiger partial charge in [-0.05, 0) is 69.0 Å². The van der Waals surface area contributed by atoms with Crippen LogP contribution in [0.4, 0.5) is 18.6 Å². The second kappa shape index (κ2) is 10.8. The van der Waals surface area contributed by atoms with Gasteiger partial charge in [-0.15, -0.1) is 0 Å². The predicted octanol–water partition coefficient (Wildman–Crippen LogP) is 4.76. The quantitative estimate of drug-likeness (QED) is 0.499. The Bertz CT molecular complexity index is 807. The van der Waals surface area contributed by atoms with Crippen molar-refractivity contribution >= 4 is 38.5 Å². The number of nitrogens with one attached hydrogen (secondary N) is 2. The van der Waals surface area contributed by atoms with Gasteiger partial charge in [-0.25, -0.2) is 13.6 Å². The van der Waals surface area contributed by atoms with Gasteiger partial charge in [0.2, 0.25) is 5.88 Å². The molecule has 0 unspecified atom stereocenters. The number of anilines is 1. The zero-order valence-electron chi connectivity index (χ0n) is 15.8. The van der Waals surface area contributed by atoms with Gasteiger partial charge in [0.25, 0.3) is 0 Å². The van der Waals surface area contributed by atoms with Crippen LogP contribution in [-0.2, 0) is 6.61 Å². The minimum atomic E-state index is -0.699. The molecule has 0 bridgehead atoms. The van der Waals surface area contributed by atoms with Crippen LogP contribution in [-0.4, -0.2) is 41.5 Å². The van der Waals surface area contributed by atoms with Gasteiger partial charge < -0.3 is 15.0 Å². The zero-order chi connectivity index (χ0) is 20.6. The second-order valence-corrected chi connectivity index (χ2v) is 8.52. The number of likely N-dealkylation sites (tertiary alicyclic amines) is 1. The number of hydrogen-bond acceptors (Lipinski definition) is 5. The van der Waals surface area contributed by atoms with E-state index in [1.165, 1.54) is 44.1 Å². The number of benzene rings is 1. The maximum Gasteiger partial charge on any atom is 0.319 e. The van der Waals surface area contributed by atoms with Crippen LogP contribution in [0, 0.1) is 11.6 Å². The lowest BCUT2D eigenvalue weighted by atomic mass is 10.2. The van der Waals surface area contributed by atoms with Crippen molar-refractivity contribution in [2.24, 2.45) is 0 Å². The minimum Gasteiger partial charge on any atom is -0.472 e. The molecule has 1 fully saturated rings. The molecule has 6 nitrogen and oxygen atoms in total. The molecule has 1 aliphatic rings. The fraction of sp³-hybridized carbons (Fsp3) is 0.474. The van der Waals surface area contributed by atoms with E-state index in [2.05, 4.69) is 35.8 Å². The van der Waals surface area contributed by atoms with Gasteiger partial charge >= 0.3 is 6.03 Å². The summed E-state index contributed by atoms with van der Waals surface area (Å²) in [6, 6.07) is 3.55. The van der Waals surface area contributed by atoms with Gasteiger partial charge in [0.15, 0.2) is 0 Å². The summed E-state index contributed by atoms with van der Waals surface area (Å²) in [5.74, 6) is -1.21. The summed E-state index contributed by atoms with van der Waals surface area (Å²) in [4.78, 5) is 14.4. The summed E-state index contributed by atoms with van der Waals surface area (Å²) in [5, 5.41) is 5.99. The van der Waals surface area contributed by atoms with E-state index in [4.69, 9.17) is 4.74 Å². The van der Waals surface area contributed by atoms with E-state index in [-0.39, 0.29) is 24.1 Å². The normalized spacial score (nSPS) is 14.2. The SMILES string of the molecule is O=C(NCCCCN1CCCC1)Nc1cc(OCc2c(F)cc(Br)cc2F)ns1. The van der Waals surface area contributed by atoms with Crippen molar-refractivity contribution in [3.05, 3.63) is 39.9 Å². The van der Waals surface area contributed by atoms with Crippen molar-refractivity contribution in [2.45, 2.75) is 32.3 Å². The first-order chi connectivity index (χ1) is 14.0. The van der Waals surface area contributed by atoms with Crippen molar-refractivity contribution < 1.29 is 18.3 Å². The lowest BCUT2D eigenvalue weighted by Crippen LogP contribution is -2.29. The van der Waals surface area contributed by atoms with E-state index in [1.54, 1.807) is 0 Å². The topological polar surface area (TPSA) is 66.5 Å². The largest absolute Gasteiger partial charge is 0.472 e. The van der Waals surface area contributed by atoms with E-state index in [1.807, 2.05) is 0 Å². The molecule has 0 atom stereocenters. The predicted molar refractivity (Wildman–Crippen MR) is 112 cm³/mol. The van der Waals surface area contributed by atoms with Crippen molar-refractivity contribution in [3.8, 4) is 5.88 Å². The van der Waals surface area contributed by atoms with E-state index in [0.717, 1.165) is 30.9 Å². The van der Waals surface area contributed by atoms with Crippen LogP contribution in [0.15, 0.2) is 22.7 Å². The highest BCUT2D eigenvalue weighted by molar-refractivity contribution is 9.10. The molecule has 2 amide bonds. The number of aromatic nitrogens is 1. The van der Waals surface area contributed by atoms with E-state index in [9.17, 15) is 13.6 Å². The molecular formula is C19H23BrF2N4O2S. The number of nitrogens with zero attached hydrogens (tertiary/aromatic N) is 2. The smallest absolute Gasteiger partial charge is 0.319 e. The van der Waals surface area contributed by atoms with Crippen LogP contribution in [0.3, 0.4) is 0 Å². The van der Waals surface area contributed by atoms with Gasteiger partial charge in [0.1, 0.15) is 23.2 Å². The number of carbonyl (C=O) groups is 1. The van der Waals surface area contributed by atoms with Crippen molar-refractivity contribution in [1.82, 2.24) is 14.6 Å². The molecule has 2 aromatic rings. The number of rotatable bonds is 9. The Kier molecular flexibility index (Phi) is 8.19. The summed E-state index contributed by atoms with van der Waals surface area (Å²) < 4.78 is 37.3. The van der Waals surface area contributed by atoms with Gasteiger partial charge in [-0.2, -0.15) is 4.37 Å². The summed E-state index contributed by atoms with van der Waals surface area (Å²) in [6.07, 6.45) is 4.55. The van der Waals surface area contributed by atoms with Gasteiger partial charge in [0.05, 0.1) is 5.56 Å². The Morgan fingerprint density at radius 1 is 1.21 bits per heavy atom. The molecule has 1 aliphatic heterocycles. The van der Waals surface area contributed by atoms with E-state index < -0.39 is 11.6 Å². The fourth-order valence-electron chi connectivity index (χ4n) is 3.07. The lowest BCUT2D eigenvalue weighted by Gasteiger charge is -2.14. The van der Waals surface area contributed by atoms with Gasteiger partial charge in [-0.1, -0.05) is 15.9 Å². The lowest BCUT2D eigenvalue weighted by molar-refractivity contribution is 0.251. The molecule has 1 aromatic heterocycles. The second-order valence-electron chi connectivity index (χ2n) is 6.80. The molecular weight excluding hydrogens is 466 g/mol. The van der Waals surface area contributed by atoms with Gasteiger partial charge in [-0.3, -0.25) is 5.32 Å². The average Bonchev–Trinajstić information content (AvgIpc) is 3.32. The maximum atomic E-state index is 13.8. The van der Waals surface area contributed by atoms with E-state index in [0.29, 0.717) is 16.0 Å². The molecule has 29 heavy (non-hydrogen) atoms. The Hall–Kier alpha value is -1.78. The summed E-state index contributed by atoms with van der Waals surface area (Å²) in [5.41, 5.74) is -0.178. The van der Waals surface area contributed by atoms with Crippen molar-refractivity contribution in [1.29, 1.82) is 0 Å². The van der Waals surface area contributed by atoms with Crippen LogP contribution in [0.1, 0.15) is 31.2 Å². The highest BCUT2D eigenvalue weighted by Crippen LogP contribution is 2.24. The Balaban J connectivity index is 1.36. The van der Waals surface area contributed by atoms with Crippen LogP contribution in [0.2, 0.25) is 0 Å². The monoisotopic (exact) mass is 488 g/mol. The molecule has 3 rings (SSSR count). The summed E-state index contributed by atoms with van der Waals surface area (Å²) in [6.45, 7) is 3.76. The number of ether oxygens (including phenoxy) is 1. The Morgan fingerprint density at radius 2 is 1.93 bits per heavy atom. The molecule has 2 N–H and O–H groups in total. The summed E-state index contributed by atoms with van der Waals surface area (Å²) >= 11 is 4.07. The molecule has 0 spiro atoms. The molecule has 158 valence electrons. The molecule has 0 saturated carbocycles. The maximum absolute atomic E-state index is 13.8. The molecule has 2 heterocycles.